The zero-order valence-electron chi connectivity index (χ0n) is 10.8. The van der Waals surface area contributed by atoms with Crippen LogP contribution in [0.1, 0.15) is 12.6 Å². The van der Waals surface area contributed by atoms with Crippen molar-refractivity contribution in [2.75, 3.05) is 7.11 Å². The summed E-state index contributed by atoms with van der Waals surface area (Å²) in [6.45, 7) is 1.65. The third-order valence-corrected chi connectivity index (χ3v) is 2.81. The van der Waals surface area contributed by atoms with Crippen molar-refractivity contribution in [3.05, 3.63) is 36.2 Å². The van der Waals surface area contributed by atoms with Gasteiger partial charge in [0.25, 0.3) is 0 Å². The zero-order chi connectivity index (χ0) is 13.8. The van der Waals surface area contributed by atoms with Crippen LogP contribution in [0.2, 0.25) is 0 Å². The maximum Gasteiger partial charge on any atom is 0.306 e. The third kappa shape index (κ3) is 3.09. The molecule has 1 atom stereocenters. The monoisotopic (exact) mass is 261 g/mol. The predicted molar refractivity (Wildman–Crippen MR) is 68.4 cm³/mol. The Morgan fingerprint density at radius 2 is 2.11 bits per heavy atom. The molecule has 1 aromatic heterocycles. The van der Waals surface area contributed by atoms with Crippen molar-refractivity contribution in [2.24, 2.45) is 5.92 Å². The molecule has 2 aromatic rings. The minimum absolute atomic E-state index is 0.367. The average Bonchev–Trinajstić information content (AvgIpc) is 2.87. The van der Waals surface area contributed by atoms with Gasteiger partial charge < -0.3 is 9.84 Å². The maximum atomic E-state index is 10.8. The van der Waals surface area contributed by atoms with E-state index in [1.807, 2.05) is 24.3 Å². The molecule has 19 heavy (non-hydrogen) atoms. The van der Waals surface area contributed by atoms with Crippen molar-refractivity contribution < 1.29 is 14.6 Å². The van der Waals surface area contributed by atoms with Gasteiger partial charge in [0.05, 0.1) is 30.6 Å². The van der Waals surface area contributed by atoms with Crippen LogP contribution in [0.5, 0.6) is 5.75 Å². The van der Waals surface area contributed by atoms with Crippen LogP contribution in [0.25, 0.3) is 5.69 Å². The molecule has 0 fully saturated rings. The summed E-state index contributed by atoms with van der Waals surface area (Å²) in [7, 11) is 1.61. The van der Waals surface area contributed by atoms with E-state index in [4.69, 9.17) is 9.84 Å². The quantitative estimate of drug-likeness (QED) is 0.883. The molecule has 0 radical (unpaired) electrons. The summed E-state index contributed by atoms with van der Waals surface area (Å²) in [6, 6.07) is 7.38. The molecule has 100 valence electrons. The van der Waals surface area contributed by atoms with Crippen molar-refractivity contribution in [1.82, 2.24) is 15.0 Å². The van der Waals surface area contributed by atoms with Gasteiger partial charge in [-0.15, -0.1) is 5.10 Å². The van der Waals surface area contributed by atoms with Gasteiger partial charge in [-0.1, -0.05) is 12.1 Å². The summed E-state index contributed by atoms with van der Waals surface area (Å²) in [5.74, 6) is -0.538. The lowest BCUT2D eigenvalue weighted by molar-refractivity contribution is -0.141. The molecule has 1 heterocycles. The predicted octanol–water partition coefficient (Wildman–Crippen LogP) is 1.54. The number of aliphatic carboxylic acids is 1. The molecule has 0 amide bonds. The maximum absolute atomic E-state index is 10.8. The number of hydrogen-bond acceptors (Lipinski definition) is 4. The highest BCUT2D eigenvalue weighted by atomic mass is 16.5. The normalized spacial score (nSPS) is 12.1. The highest BCUT2D eigenvalue weighted by molar-refractivity contribution is 5.69. The van der Waals surface area contributed by atoms with E-state index in [-0.39, 0.29) is 0 Å². The molecule has 0 saturated carbocycles. The van der Waals surface area contributed by atoms with E-state index in [0.29, 0.717) is 12.1 Å². The largest absolute Gasteiger partial charge is 0.497 e. The van der Waals surface area contributed by atoms with Crippen LogP contribution in [-0.4, -0.2) is 33.2 Å². The Balaban J connectivity index is 2.13. The Morgan fingerprint density at radius 3 is 2.68 bits per heavy atom. The SMILES string of the molecule is COc1ccc(-n2cc(CC(C)C(=O)O)nn2)cc1. The molecule has 0 saturated heterocycles. The molecular formula is C13H15N3O3. The molecule has 1 unspecified atom stereocenters. The van der Waals surface area contributed by atoms with Crippen molar-refractivity contribution >= 4 is 5.97 Å². The lowest BCUT2D eigenvalue weighted by Gasteiger charge is -2.02. The summed E-state index contributed by atoms with van der Waals surface area (Å²) < 4.78 is 6.69. The number of carboxylic acids is 1. The number of aromatic nitrogens is 3. The van der Waals surface area contributed by atoms with Crippen LogP contribution >= 0.6 is 0 Å². The fourth-order valence-electron chi connectivity index (χ4n) is 1.65. The number of benzene rings is 1. The zero-order valence-corrected chi connectivity index (χ0v) is 10.8. The van der Waals surface area contributed by atoms with E-state index in [0.717, 1.165) is 11.4 Å². The first-order chi connectivity index (χ1) is 9.10. The van der Waals surface area contributed by atoms with Crippen molar-refractivity contribution in [2.45, 2.75) is 13.3 Å². The number of carbonyl (C=O) groups is 1. The standard InChI is InChI=1S/C13H15N3O3/c1-9(13(17)18)7-10-8-16(15-14-10)11-3-5-12(19-2)6-4-11/h3-6,8-9H,7H2,1-2H3,(H,17,18). The van der Waals surface area contributed by atoms with E-state index in [2.05, 4.69) is 10.3 Å². The molecule has 0 aliphatic rings. The Hall–Kier alpha value is -2.37. The van der Waals surface area contributed by atoms with Crippen molar-refractivity contribution in [1.29, 1.82) is 0 Å². The molecule has 1 N–H and O–H groups in total. The van der Waals surface area contributed by atoms with Gasteiger partial charge in [0.15, 0.2) is 0 Å². The molecule has 0 aliphatic heterocycles. The topological polar surface area (TPSA) is 77.2 Å². The molecule has 6 heteroatoms. The highest BCUT2D eigenvalue weighted by Crippen LogP contribution is 2.15. The summed E-state index contributed by atoms with van der Waals surface area (Å²) in [5, 5.41) is 16.8. The van der Waals surface area contributed by atoms with Crippen molar-refractivity contribution in [3.8, 4) is 11.4 Å². The van der Waals surface area contributed by atoms with Crippen LogP contribution < -0.4 is 4.74 Å². The summed E-state index contributed by atoms with van der Waals surface area (Å²) >= 11 is 0. The summed E-state index contributed by atoms with van der Waals surface area (Å²) in [5.41, 5.74) is 1.51. The fourth-order valence-corrected chi connectivity index (χ4v) is 1.65. The van der Waals surface area contributed by atoms with Gasteiger partial charge >= 0.3 is 5.97 Å². The second-order valence-corrected chi connectivity index (χ2v) is 4.30. The second kappa shape index (κ2) is 5.51. The molecule has 0 spiro atoms. The Labute approximate surface area is 110 Å². The van der Waals surface area contributed by atoms with E-state index in [1.165, 1.54) is 0 Å². The Bertz CT molecular complexity index is 563. The van der Waals surface area contributed by atoms with Gasteiger partial charge in [-0.05, 0) is 24.3 Å². The minimum atomic E-state index is -0.834. The van der Waals surface area contributed by atoms with Gasteiger partial charge in [-0.25, -0.2) is 4.68 Å². The molecule has 0 bridgehead atoms. The summed E-state index contributed by atoms with van der Waals surface area (Å²) in [6.07, 6.45) is 2.10. The van der Waals surface area contributed by atoms with Crippen LogP contribution in [0.3, 0.4) is 0 Å². The number of ether oxygens (including phenoxy) is 1. The van der Waals surface area contributed by atoms with Crippen LogP contribution in [0.4, 0.5) is 0 Å². The van der Waals surface area contributed by atoms with Crippen LogP contribution in [-0.2, 0) is 11.2 Å². The second-order valence-electron chi connectivity index (χ2n) is 4.30. The van der Waals surface area contributed by atoms with Crippen molar-refractivity contribution in [3.63, 3.8) is 0 Å². The lowest BCUT2D eigenvalue weighted by atomic mass is 10.1. The smallest absolute Gasteiger partial charge is 0.306 e. The van der Waals surface area contributed by atoms with Gasteiger partial charge in [0, 0.05) is 6.42 Å². The molecule has 2 rings (SSSR count). The summed E-state index contributed by atoms with van der Waals surface area (Å²) in [4.78, 5) is 10.8. The van der Waals surface area contributed by atoms with Gasteiger partial charge in [0.2, 0.25) is 0 Å². The van der Waals surface area contributed by atoms with E-state index in [9.17, 15) is 4.79 Å². The average molecular weight is 261 g/mol. The third-order valence-electron chi connectivity index (χ3n) is 2.81. The number of rotatable bonds is 5. The van der Waals surface area contributed by atoms with E-state index in [1.54, 1.807) is 24.9 Å². The molecular weight excluding hydrogens is 246 g/mol. The molecule has 1 aromatic carbocycles. The number of hydrogen-bond donors (Lipinski definition) is 1. The van der Waals surface area contributed by atoms with Gasteiger partial charge in [-0.3, -0.25) is 4.79 Å². The van der Waals surface area contributed by atoms with Gasteiger partial charge in [0.1, 0.15) is 5.75 Å². The molecule has 6 nitrogen and oxygen atoms in total. The Kier molecular flexibility index (Phi) is 3.79. The minimum Gasteiger partial charge on any atom is -0.497 e. The Morgan fingerprint density at radius 1 is 1.42 bits per heavy atom. The first-order valence-corrected chi connectivity index (χ1v) is 5.88. The highest BCUT2D eigenvalue weighted by Gasteiger charge is 2.14. The first-order valence-electron chi connectivity index (χ1n) is 5.88. The lowest BCUT2D eigenvalue weighted by Crippen LogP contribution is -2.12. The number of methoxy groups -OCH3 is 1. The number of nitrogens with zero attached hydrogens (tertiary/aromatic N) is 3. The van der Waals surface area contributed by atoms with Gasteiger partial charge in [-0.2, -0.15) is 0 Å². The van der Waals surface area contributed by atoms with E-state index >= 15 is 0 Å². The van der Waals surface area contributed by atoms with Crippen LogP contribution in [0.15, 0.2) is 30.5 Å². The fraction of sp³-hybridized carbons (Fsp3) is 0.308. The molecule has 0 aliphatic carbocycles. The first kappa shape index (κ1) is 13.1. The van der Waals surface area contributed by atoms with Crippen LogP contribution in [0, 0.1) is 5.92 Å². The number of carboxylic acid groups (broad SMARTS) is 1. The van der Waals surface area contributed by atoms with E-state index < -0.39 is 11.9 Å².